The van der Waals surface area contributed by atoms with Crippen molar-refractivity contribution < 1.29 is 0 Å². The summed E-state index contributed by atoms with van der Waals surface area (Å²) in [6.45, 7) is 2.19. The molecule has 3 aromatic rings. The van der Waals surface area contributed by atoms with E-state index < -0.39 is 0 Å². The van der Waals surface area contributed by atoms with Crippen LogP contribution in [-0.2, 0) is 6.42 Å². The van der Waals surface area contributed by atoms with Crippen molar-refractivity contribution in [3.63, 3.8) is 0 Å². The quantitative estimate of drug-likeness (QED) is 0.437. The highest BCUT2D eigenvalue weighted by molar-refractivity contribution is 9.10. The molecule has 0 amide bonds. The molecule has 0 fully saturated rings. The van der Waals surface area contributed by atoms with Gasteiger partial charge in [0.2, 0.25) is 0 Å². The maximum absolute atomic E-state index is 4.78. The Labute approximate surface area is 159 Å². The third kappa shape index (κ3) is 4.31. The van der Waals surface area contributed by atoms with E-state index in [0.29, 0.717) is 0 Å². The minimum atomic E-state index is 0.907. The van der Waals surface area contributed by atoms with E-state index in [0.717, 1.165) is 56.5 Å². The van der Waals surface area contributed by atoms with Crippen LogP contribution in [0, 0.1) is 0 Å². The molecular formula is C20H18Br2N2. The lowest BCUT2D eigenvalue weighted by Crippen LogP contribution is -1.99. The molecule has 0 spiro atoms. The van der Waals surface area contributed by atoms with E-state index in [1.807, 2.05) is 24.3 Å². The van der Waals surface area contributed by atoms with Gasteiger partial charge in [0.15, 0.2) is 0 Å². The molecule has 0 saturated heterocycles. The van der Waals surface area contributed by atoms with Crippen molar-refractivity contribution in [2.75, 3.05) is 0 Å². The van der Waals surface area contributed by atoms with E-state index in [1.165, 1.54) is 0 Å². The van der Waals surface area contributed by atoms with Crippen molar-refractivity contribution in [3.05, 3.63) is 69.4 Å². The normalized spacial score (nSPS) is 10.8. The Morgan fingerprint density at radius 3 is 1.62 bits per heavy atom. The molecule has 1 aromatic heterocycles. The highest BCUT2D eigenvalue weighted by Gasteiger charge is 2.09. The first-order valence-electron chi connectivity index (χ1n) is 8.05. The van der Waals surface area contributed by atoms with Gasteiger partial charge in [-0.1, -0.05) is 69.5 Å². The second-order valence-corrected chi connectivity index (χ2v) is 7.50. The van der Waals surface area contributed by atoms with E-state index in [9.17, 15) is 0 Å². The highest BCUT2D eigenvalue weighted by Crippen LogP contribution is 2.26. The fourth-order valence-electron chi connectivity index (χ4n) is 2.48. The van der Waals surface area contributed by atoms with Crippen LogP contribution in [0.1, 0.15) is 25.6 Å². The number of rotatable bonds is 5. The van der Waals surface area contributed by atoms with Gasteiger partial charge in [-0.3, -0.25) is 0 Å². The van der Waals surface area contributed by atoms with Crippen molar-refractivity contribution in [2.45, 2.75) is 26.2 Å². The van der Waals surface area contributed by atoms with Crippen LogP contribution in [0.15, 0.2) is 63.5 Å². The van der Waals surface area contributed by atoms with Crippen LogP contribution in [0.4, 0.5) is 0 Å². The molecule has 24 heavy (non-hydrogen) atoms. The van der Waals surface area contributed by atoms with E-state index >= 15 is 0 Å². The summed E-state index contributed by atoms with van der Waals surface area (Å²) in [5.74, 6) is 0.912. The zero-order chi connectivity index (χ0) is 16.9. The second-order valence-electron chi connectivity index (χ2n) is 5.67. The fourth-order valence-corrected chi connectivity index (χ4v) is 3.01. The van der Waals surface area contributed by atoms with Gasteiger partial charge in [0.1, 0.15) is 5.82 Å². The lowest BCUT2D eigenvalue weighted by molar-refractivity contribution is 0.754. The van der Waals surface area contributed by atoms with Crippen LogP contribution in [-0.4, -0.2) is 9.97 Å². The predicted octanol–water partition coefficient (Wildman–Crippen LogP) is 6.68. The standard InChI is InChI=1S/C20H18Br2N2/c1-2-3-4-20-23-18(14-5-9-16(21)10-6-14)13-19(24-20)15-7-11-17(22)12-8-15/h5-13H,2-4H2,1H3. The van der Waals surface area contributed by atoms with Gasteiger partial charge in [-0.15, -0.1) is 0 Å². The van der Waals surface area contributed by atoms with Crippen molar-refractivity contribution in [1.29, 1.82) is 0 Å². The minimum Gasteiger partial charge on any atom is -0.233 e. The molecule has 4 heteroatoms. The molecule has 0 bridgehead atoms. The molecule has 3 rings (SSSR count). The monoisotopic (exact) mass is 444 g/mol. The molecule has 0 unspecified atom stereocenters. The average molecular weight is 446 g/mol. The first-order chi connectivity index (χ1) is 11.7. The summed E-state index contributed by atoms with van der Waals surface area (Å²) in [4.78, 5) is 9.56. The maximum atomic E-state index is 4.78. The fraction of sp³-hybridized carbons (Fsp3) is 0.200. The SMILES string of the molecule is CCCCc1nc(-c2ccc(Br)cc2)cc(-c2ccc(Br)cc2)n1. The molecule has 0 N–H and O–H groups in total. The number of halogens is 2. The van der Waals surface area contributed by atoms with Crippen molar-refractivity contribution in [3.8, 4) is 22.5 Å². The predicted molar refractivity (Wildman–Crippen MR) is 107 cm³/mol. The molecular weight excluding hydrogens is 428 g/mol. The van der Waals surface area contributed by atoms with Gasteiger partial charge in [-0.25, -0.2) is 9.97 Å². The van der Waals surface area contributed by atoms with E-state index in [2.05, 4.69) is 69.1 Å². The van der Waals surface area contributed by atoms with Crippen LogP contribution < -0.4 is 0 Å². The van der Waals surface area contributed by atoms with Crippen molar-refractivity contribution >= 4 is 31.9 Å². The molecule has 2 nitrogen and oxygen atoms in total. The summed E-state index contributed by atoms with van der Waals surface area (Å²) in [7, 11) is 0. The van der Waals surface area contributed by atoms with Crippen LogP contribution in [0.3, 0.4) is 0 Å². The first-order valence-corrected chi connectivity index (χ1v) is 9.64. The van der Waals surface area contributed by atoms with Crippen LogP contribution in [0.25, 0.3) is 22.5 Å². The molecule has 122 valence electrons. The number of hydrogen-bond acceptors (Lipinski definition) is 2. The van der Waals surface area contributed by atoms with E-state index in [4.69, 9.17) is 9.97 Å². The summed E-state index contributed by atoms with van der Waals surface area (Å²) in [5, 5.41) is 0. The third-order valence-corrected chi connectivity index (χ3v) is 4.86. The Balaban J connectivity index is 2.05. The molecule has 1 heterocycles. The first kappa shape index (κ1) is 17.3. The van der Waals surface area contributed by atoms with Gasteiger partial charge in [-0.05, 0) is 36.8 Å². The molecule has 0 saturated carbocycles. The van der Waals surface area contributed by atoms with Crippen LogP contribution in [0.5, 0.6) is 0 Å². The summed E-state index contributed by atoms with van der Waals surface area (Å²) in [6.07, 6.45) is 3.15. The number of unbranched alkanes of at least 4 members (excludes halogenated alkanes) is 1. The Morgan fingerprint density at radius 1 is 0.750 bits per heavy atom. The topological polar surface area (TPSA) is 25.8 Å². The Hall–Kier alpha value is -1.52. The molecule has 2 aromatic carbocycles. The van der Waals surface area contributed by atoms with Gasteiger partial charge < -0.3 is 0 Å². The summed E-state index contributed by atoms with van der Waals surface area (Å²) in [5.41, 5.74) is 4.16. The van der Waals surface area contributed by atoms with Crippen LogP contribution in [0.2, 0.25) is 0 Å². The lowest BCUT2D eigenvalue weighted by atomic mass is 10.1. The molecule has 0 aliphatic rings. The number of aryl methyl sites for hydroxylation is 1. The zero-order valence-electron chi connectivity index (χ0n) is 13.5. The van der Waals surface area contributed by atoms with Gasteiger partial charge in [0.25, 0.3) is 0 Å². The highest BCUT2D eigenvalue weighted by atomic mass is 79.9. The lowest BCUT2D eigenvalue weighted by Gasteiger charge is -2.09. The molecule has 0 atom stereocenters. The third-order valence-electron chi connectivity index (χ3n) is 3.81. The number of benzene rings is 2. The number of aromatic nitrogens is 2. The maximum Gasteiger partial charge on any atom is 0.129 e. The van der Waals surface area contributed by atoms with Gasteiger partial charge >= 0.3 is 0 Å². The Kier molecular flexibility index (Phi) is 5.80. The van der Waals surface area contributed by atoms with E-state index in [-0.39, 0.29) is 0 Å². The smallest absolute Gasteiger partial charge is 0.129 e. The Morgan fingerprint density at radius 2 is 1.21 bits per heavy atom. The van der Waals surface area contributed by atoms with E-state index in [1.54, 1.807) is 0 Å². The van der Waals surface area contributed by atoms with Crippen LogP contribution >= 0.6 is 31.9 Å². The van der Waals surface area contributed by atoms with Gasteiger partial charge in [-0.2, -0.15) is 0 Å². The average Bonchev–Trinajstić information content (AvgIpc) is 2.61. The summed E-state index contributed by atoms with van der Waals surface area (Å²) < 4.78 is 2.14. The van der Waals surface area contributed by atoms with Crippen molar-refractivity contribution in [2.24, 2.45) is 0 Å². The number of hydrogen-bond donors (Lipinski definition) is 0. The number of nitrogens with zero attached hydrogens (tertiary/aromatic N) is 2. The molecule has 0 radical (unpaired) electrons. The zero-order valence-corrected chi connectivity index (χ0v) is 16.6. The summed E-state index contributed by atoms with van der Waals surface area (Å²) >= 11 is 6.97. The van der Waals surface area contributed by atoms with Gasteiger partial charge in [0.05, 0.1) is 11.4 Å². The Bertz CT molecular complexity index is 748. The molecule has 0 aliphatic heterocycles. The summed E-state index contributed by atoms with van der Waals surface area (Å²) in [6, 6.07) is 18.6. The van der Waals surface area contributed by atoms with Gasteiger partial charge in [0, 0.05) is 26.5 Å². The minimum absolute atomic E-state index is 0.907. The van der Waals surface area contributed by atoms with Crippen molar-refractivity contribution in [1.82, 2.24) is 9.97 Å². The largest absolute Gasteiger partial charge is 0.233 e. The second kappa shape index (κ2) is 8.04. The molecule has 0 aliphatic carbocycles.